The summed E-state index contributed by atoms with van der Waals surface area (Å²) in [6.45, 7) is 5.93. The molecule has 0 unspecified atom stereocenters. The van der Waals surface area contributed by atoms with Crippen LogP contribution in [0.1, 0.15) is 33.2 Å². The van der Waals surface area contributed by atoms with Gasteiger partial charge in [0.2, 0.25) is 0 Å². The number of aryl methyl sites for hydroxylation is 3. The van der Waals surface area contributed by atoms with Gasteiger partial charge in [0, 0.05) is 12.6 Å². The minimum Gasteiger partial charge on any atom is -0.361 e. The Kier molecular flexibility index (Phi) is 3.42. The minimum absolute atomic E-state index is 0.138. The van der Waals surface area contributed by atoms with Crippen molar-refractivity contribution >= 4 is 17.6 Å². The maximum atomic E-state index is 12.2. The van der Waals surface area contributed by atoms with Gasteiger partial charge in [0.15, 0.2) is 5.69 Å². The monoisotopic (exact) mass is 266 g/mol. The van der Waals surface area contributed by atoms with Crippen molar-refractivity contribution in [2.45, 2.75) is 27.3 Å². The second kappa shape index (κ2) is 4.85. The third kappa shape index (κ3) is 2.26. The van der Waals surface area contributed by atoms with Gasteiger partial charge in [0.05, 0.1) is 29.7 Å². The predicted molar refractivity (Wildman–Crippen MR) is 66.4 cm³/mol. The highest BCUT2D eigenvalue weighted by molar-refractivity contribution is 6.99. The minimum atomic E-state index is -0.138. The molecule has 0 N–H and O–H groups in total. The lowest BCUT2D eigenvalue weighted by molar-refractivity contribution is 0.0779. The molecule has 7 heteroatoms. The molecule has 1 amide bonds. The van der Waals surface area contributed by atoms with E-state index in [9.17, 15) is 4.79 Å². The molecule has 2 aromatic heterocycles. The van der Waals surface area contributed by atoms with Crippen molar-refractivity contribution in [3.8, 4) is 0 Å². The van der Waals surface area contributed by atoms with Crippen LogP contribution in [0.25, 0.3) is 0 Å². The quantitative estimate of drug-likeness (QED) is 0.845. The van der Waals surface area contributed by atoms with E-state index in [1.54, 1.807) is 18.9 Å². The summed E-state index contributed by atoms with van der Waals surface area (Å²) in [7, 11) is 1.73. The molecule has 0 atom stereocenters. The third-order valence-corrected chi connectivity index (χ3v) is 3.40. The lowest BCUT2D eigenvalue weighted by Gasteiger charge is -2.15. The molecule has 0 saturated carbocycles. The van der Waals surface area contributed by atoms with Crippen molar-refractivity contribution in [1.29, 1.82) is 0 Å². The summed E-state index contributed by atoms with van der Waals surface area (Å²) in [6, 6.07) is 0. The topological polar surface area (TPSA) is 72.1 Å². The van der Waals surface area contributed by atoms with Gasteiger partial charge in [-0.3, -0.25) is 4.79 Å². The van der Waals surface area contributed by atoms with Crippen LogP contribution in [0, 0.1) is 20.8 Å². The molecule has 96 valence electrons. The van der Waals surface area contributed by atoms with Crippen molar-refractivity contribution in [2.24, 2.45) is 0 Å². The molecule has 18 heavy (non-hydrogen) atoms. The maximum absolute atomic E-state index is 12.2. The van der Waals surface area contributed by atoms with Crippen molar-refractivity contribution < 1.29 is 9.32 Å². The van der Waals surface area contributed by atoms with Crippen LogP contribution in [0.5, 0.6) is 0 Å². The molecule has 0 aliphatic rings. The van der Waals surface area contributed by atoms with Gasteiger partial charge in [0.1, 0.15) is 5.76 Å². The zero-order valence-corrected chi connectivity index (χ0v) is 11.5. The van der Waals surface area contributed by atoms with Gasteiger partial charge in [-0.2, -0.15) is 8.75 Å². The third-order valence-electron chi connectivity index (χ3n) is 2.78. The van der Waals surface area contributed by atoms with Crippen LogP contribution in [-0.4, -0.2) is 31.8 Å². The summed E-state index contributed by atoms with van der Waals surface area (Å²) in [5, 5.41) is 3.87. The van der Waals surface area contributed by atoms with Gasteiger partial charge in [0.25, 0.3) is 5.91 Å². The molecule has 0 aromatic carbocycles. The average Bonchev–Trinajstić information content (AvgIpc) is 2.88. The van der Waals surface area contributed by atoms with Gasteiger partial charge in [-0.15, -0.1) is 0 Å². The lowest BCUT2D eigenvalue weighted by atomic mass is 10.2. The Morgan fingerprint density at radius 2 is 2.00 bits per heavy atom. The molecular formula is C11H14N4O2S. The Balaban J connectivity index is 2.16. The number of hydrogen-bond acceptors (Lipinski definition) is 6. The largest absolute Gasteiger partial charge is 0.361 e. The molecule has 0 spiro atoms. The Hall–Kier alpha value is -1.76. The number of rotatable bonds is 3. The zero-order chi connectivity index (χ0) is 13.3. The Morgan fingerprint density at radius 1 is 1.28 bits per heavy atom. The second-order valence-corrected chi connectivity index (χ2v) is 4.69. The molecule has 0 aliphatic heterocycles. The van der Waals surface area contributed by atoms with Crippen LogP contribution in [0.3, 0.4) is 0 Å². The summed E-state index contributed by atoms with van der Waals surface area (Å²) in [5.41, 5.74) is 2.82. The van der Waals surface area contributed by atoms with Crippen molar-refractivity contribution in [1.82, 2.24) is 18.8 Å². The summed E-state index contributed by atoms with van der Waals surface area (Å²) in [4.78, 5) is 13.7. The summed E-state index contributed by atoms with van der Waals surface area (Å²) in [6.07, 6.45) is 0. The standard InChI is InChI=1S/C11H14N4O2S/c1-6-9(8(3)17-12-6)5-15(4)11(16)10-7(2)13-18-14-10/h5H2,1-4H3. The molecular weight excluding hydrogens is 252 g/mol. The first kappa shape index (κ1) is 12.7. The van der Waals surface area contributed by atoms with Gasteiger partial charge in [-0.1, -0.05) is 5.16 Å². The average molecular weight is 266 g/mol. The van der Waals surface area contributed by atoms with E-state index in [2.05, 4.69) is 13.9 Å². The highest BCUT2D eigenvalue weighted by atomic mass is 32.1. The lowest BCUT2D eigenvalue weighted by Crippen LogP contribution is -2.27. The Bertz CT molecular complexity index is 556. The second-order valence-electron chi connectivity index (χ2n) is 4.16. The molecule has 0 aliphatic carbocycles. The van der Waals surface area contributed by atoms with Gasteiger partial charge in [-0.05, 0) is 20.8 Å². The summed E-state index contributed by atoms with van der Waals surface area (Å²) < 4.78 is 13.1. The maximum Gasteiger partial charge on any atom is 0.275 e. The molecule has 0 fully saturated rings. The van der Waals surface area contributed by atoms with E-state index < -0.39 is 0 Å². The number of carbonyl (C=O) groups excluding carboxylic acids is 1. The SMILES string of the molecule is Cc1nsnc1C(=O)N(C)Cc1c(C)noc1C. The zero-order valence-electron chi connectivity index (χ0n) is 10.7. The van der Waals surface area contributed by atoms with E-state index in [-0.39, 0.29) is 5.91 Å². The molecule has 0 radical (unpaired) electrons. The smallest absolute Gasteiger partial charge is 0.275 e. The molecule has 2 heterocycles. The fourth-order valence-corrected chi connectivity index (χ4v) is 2.18. The Labute approximate surface area is 109 Å². The fraction of sp³-hybridized carbons (Fsp3) is 0.455. The van der Waals surface area contributed by atoms with Crippen LogP contribution in [0.4, 0.5) is 0 Å². The van der Waals surface area contributed by atoms with Crippen molar-refractivity contribution in [3.63, 3.8) is 0 Å². The molecule has 6 nitrogen and oxygen atoms in total. The van der Waals surface area contributed by atoms with Gasteiger partial charge < -0.3 is 9.42 Å². The number of amides is 1. The number of nitrogens with zero attached hydrogens (tertiary/aromatic N) is 4. The Morgan fingerprint density at radius 3 is 2.50 bits per heavy atom. The first-order chi connectivity index (χ1) is 8.50. The molecule has 2 aromatic rings. The van der Waals surface area contributed by atoms with Crippen molar-refractivity contribution in [3.05, 3.63) is 28.4 Å². The fourth-order valence-electron chi connectivity index (χ4n) is 1.64. The van der Waals surface area contributed by atoms with E-state index in [0.29, 0.717) is 17.9 Å². The van der Waals surface area contributed by atoms with Crippen molar-refractivity contribution in [2.75, 3.05) is 7.05 Å². The molecule has 2 rings (SSSR count). The van der Waals surface area contributed by atoms with E-state index in [4.69, 9.17) is 4.52 Å². The number of carbonyl (C=O) groups is 1. The highest BCUT2D eigenvalue weighted by Crippen LogP contribution is 2.16. The van der Waals surface area contributed by atoms with Gasteiger partial charge in [-0.25, -0.2) is 0 Å². The van der Waals surface area contributed by atoms with Crippen LogP contribution in [-0.2, 0) is 6.54 Å². The summed E-state index contributed by atoms with van der Waals surface area (Å²) >= 11 is 1.05. The van der Waals surface area contributed by atoms with E-state index >= 15 is 0 Å². The van der Waals surface area contributed by atoms with Crippen LogP contribution in [0.2, 0.25) is 0 Å². The first-order valence-electron chi connectivity index (χ1n) is 5.47. The predicted octanol–water partition coefficient (Wildman–Crippen LogP) is 1.72. The number of hydrogen-bond donors (Lipinski definition) is 0. The highest BCUT2D eigenvalue weighted by Gasteiger charge is 2.20. The van der Waals surface area contributed by atoms with Crippen LogP contribution >= 0.6 is 11.7 Å². The van der Waals surface area contributed by atoms with Crippen LogP contribution < -0.4 is 0 Å². The molecule has 0 bridgehead atoms. The van der Waals surface area contributed by atoms with E-state index in [0.717, 1.165) is 28.7 Å². The summed E-state index contributed by atoms with van der Waals surface area (Å²) in [5.74, 6) is 0.599. The van der Waals surface area contributed by atoms with Crippen LogP contribution in [0.15, 0.2) is 4.52 Å². The first-order valence-corrected chi connectivity index (χ1v) is 6.20. The molecule has 0 saturated heterocycles. The normalized spacial score (nSPS) is 10.7. The number of aromatic nitrogens is 3. The van der Waals surface area contributed by atoms with E-state index in [1.165, 1.54) is 0 Å². The van der Waals surface area contributed by atoms with E-state index in [1.807, 2.05) is 13.8 Å². The van der Waals surface area contributed by atoms with Gasteiger partial charge >= 0.3 is 0 Å².